The third-order valence-electron chi connectivity index (χ3n) is 3.52. The summed E-state index contributed by atoms with van der Waals surface area (Å²) >= 11 is 0. The summed E-state index contributed by atoms with van der Waals surface area (Å²) in [5.41, 5.74) is 2.77. The van der Waals surface area contributed by atoms with E-state index in [-0.39, 0.29) is 7.43 Å². The van der Waals surface area contributed by atoms with E-state index in [2.05, 4.69) is 68.2 Å². The summed E-state index contributed by atoms with van der Waals surface area (Å²) in [5.74, 6) is 0.981. The van der Waals surface area contributed by atoms with Crippen molar-refractivity contribution in [3.63, 3.8) is 0 Å². The number of hydrogen-bond donors (Lipinski definition) is 0. The van der Waals surface area contributed by atoms with E-state index in [1.165, 1.54) is 17.4 Å². The second kappa shape index (κ2) is 9.28. The van der Waals surface area contributed by atoms with Gasteiger partial charge in [0.05, 0.1) is 6.61 Å². The van der Waals surface area contributed by atoms with Crippen LogP contribution in [0.5, 0.6) is 5.75 Å². The highest BCUT2D eigenvalue weighted by molar-refractivity contribution is 6.70. The highest BCUT2D eigenvalue weighted by Crippen LogP contribution is 2.10. The molecule has 0 aliphatic carbocycles. The zero-order chi connectivity index (χ0) is 14.2. The van der Waals surface area contributed by atoms with Gasteiger partial charge in [-0.25, -0.2) is 0 Å². The van der Waals surface area contributed by atoms with Crippen LogP contribution in [0.2, 0.25) is 13.6 Å². The van der Waals surface area contributed by atoms with E-state index in [0.717, 1.165) is 25.2 Å². The molecule has 2 rings (SSSR count). The Morgan fingerprint density at radius 2 is 1.52 bits per heavy atom. The molecule has 0 aliphatic rings. The van der Waals surface area contributed by atoms with Gasteiger partial charge in [0.2, 0.25) is 0 Å². The number of unbranched alkanes of at least 4 members (excludes halogenated alkanes) is 1. The normalized spacial score (nSPS) is 9.81. The quantitative estimate of drug-likeness (QED) is 0.529. The Bertz CT molecular complexity index is 491. The van der Waals surface area contributed by atoms with E-state index in [0.29, 0.717) is 6.71 Å². The van der Waals surface area contributed by atoms with Gasteiger partial charge in [-0.2, -0.15) is 0 Å². The van der Waals surface area contributed by atoms with E-state index in [1.54, 1.807) is 0 Å². The Morgan fingerprint density at radius 1 is 0.857 bits per heavy atom. The Hall–Kier alpha value is -1.70. The van der Waals surface area contributed by atoms with Crippen molar-refractivity contribution < 1.29 is 4.74 Å². The van der Waals surface area contributed by atoms with Crippen LogP contribution in [0.3, 0.4) is 0 Å². The molecule has 0 N–H and O–H groups in total. The molecule has 2 aromatic carbocycles. The molecule has 0 aliphatic heterocycles. The fourth-order valence-electron chi connectivity index (χ4n) is 2.21. The van der Waals surface area contributed by atoms with Crippen molar-refractivity contribution in [3.8, 4) is 5.75 Å². The molecule has 0 amide bonds. The first-order valence-electron chi connectivity index (χ1n) is 7.52. The minimum Gasteiger partial charge on any atom is -0.494 e. The van der Waals surface area contributed by atoms with Gasteiger partial charge in [-0.15, -0.1) is 0 Å². The summed E-state index contributed by atoms with van der Waals surface area (Å²) in [6, 6.07) is 19.1. The predicted octanol–water partition coefficient (Wildman–Crippen LogP) is 4.69. The van der Waals surface area contributed by atoms with Crippen molar-refractivity contribution in [2.75, 3.05) is 6.61 Å². The molecule has 0 saturated carbocycles. The van der Waals surface area contributed by atoms with Crippen LogP contribution in [0.15, 0.2) is 54.6 Å². The lowest BCUT2D eigenvalue weighted by Crippen LogP contribution is -2.21. The minimum atomic E-state index is 0. The van der Waals surface area contributed by atoms with Gasteiger partial charge in [-0.05, 0) is 37.0 Å². The maximum atomic E-state index is 5.78. The lowest BCUT2D eigenvalue weighted by atomic mass is 9.49. The Kier molecular flexibility index (Phi) is 7.67. The highest BCUT2D eigenvalue weighted by Gasteiger charge is 2.02. The van der Waals surface area contributed by atoms with Crippen molar-refractivity contribution in [2.24, 2.45) is 0 Å². The monoisotopic (exact) mass is 282 g/mol. The highest BCUT2D eigenvalue weighted by atomic mass is 16.5. The molecule has 0 heterocycles. The maximum Gasteiger partial charge on any atom is 0.169 e. The van der Waals surface area contributed by atoms with Crippen LogP contribution in [0.25, 0.3) is 0 Å². The van der Waals surface area contributed by atoms with Crippen molar-refractivity contribution in [1.29, 1.82) is 0 Å². The van der Waals surface area contributed by atoms with Crippen LogP contribution in [0.1, 0.15) is 25.8 Å². The molecular formula is C19H27BO. The molecule has 2 heteroatoms. The van der Waals surface area contributed by atoms with Gasteiger partial charge in [0.25, 0.3) is 0 Å². The fraction of sp³-hybridized carbons (Fsp3) is 0.368. The third kappa shape index (κ3) is 6.07. The molecule has 0 saturated heterocycles. The first-order valence-corrected chi connectivity index (χ1v) is 7.52. The molecule has 0 spiro atoms. The summed E-state index contributed by atoms with van der Waals surface area (Å²) in [7, 11) is 0. The zero-order valence-corrected chi connectivity index (χ0v) is 12.5. The van der Waals surface area contributed by atoms with Crippen molar-refractivity contribution in [1.82, 2.24) is 0 Å². The van der Waals surface area contributed by atoms with E-state index in [9.17, 15) is 0 Å². The van der Waals surface area contributed by atoms with E-state index in [1.807, 2.05) is 0 Å². The predicted molar refractivity (Wildman–Crippen MR) is 95.2 cm³/mol. The largest absolute Gasteiger partial charge is 0.494 e. The molecular weight excluding hydrogens is 255 g/mol. The second-order valence-corrected chi connectivity index (χ2v) is 5.51. The van der Waals surface area contributed by atoms with Crippen molar-refractivity contribution >= 4 is 12.2 Å². The van der Waals surface area contributed by atoms with Gasteiger partial charge in [0.1, 0.15) is 5.75 Å². The van der Waals surface area contributed by atoms with Crippen molar-refractivity contribution in [3.05, 3.63) is 60.2 Å². The van der Waals surface area contributed by atoms with Gasteiger partial charge < -0.3 is 4.74 Å². The van der Waals surface area contributed by atoms with Gasteiger partial charge >= 0.3 is 0 Å². The average molecular weight is 282 g/mol. The molecule has 1 nitrogen and oxygen atoms in total. The summed E-state index contributed by atoms with van der Waals surface area (Å²) < 4.78 is 5.78. The number of rotatable bonds is 7. The summed E-state index contributed by atoms with van der Waals surface area (Å²) in [6.07, 6.45) is 3.41. The molecule has 0 aromatic heterocycles. The van der Waals surface area contributed by atoms with Gasteiger partial charge in [-0.1, -0.05) is 69.0 Å². The van der Waals surface area contributed by atoms with E-state index < -0.39 is 0 Å². The van der Waals surface area contributed by atoms with Crippen LogP contribution in [0, 0.1) is 0 Å². The maximum absolute atomic E-state index is 5.78. The molecule has 0 fully saturated rings. The Labute approximate surface area is 130 Å². The molecule has 21 heavy (non-hydrogen) atoms. The van der Waals surface area contributed by atoms with Crippen LogP contribution >= 0.6 is 0 Å². The topological polar surface area (TPSA) is 9.23 Å². The number of ether oxygens (including phenoxy) is 1. The summed E-state index contributed by atoms with van der Waals surface area (Å²) in [5, 5.41) is 0. The van der Waals surface area contributed by atoms with Crippen molar-refractivity contribution in [2.45, 2.75) is 40.3 Å². The molecule has 112 valence electrons. The number of aryl methyl sites for hydroxylation is 1. The Balaban J connectivity index is 0.00000220. The minimum absolute atomic E-state index is 0. The van der Waals surface area contributed by atoms with Crippen LogP contribution in [-0.2, 0) is 6.42 Å². The van der Waals surface area contributed by atoms with Gasteiger partial charge in [0.15, 0.2) is 6.71 Å². The molecule has 0 radical (unpaired) electrons. The smallest absolute Gasteiger partial charge is 0.169 e. The number of hydrogen-bond acceptors (Lipinski definition) is 1. The average Bonchev–Trinajstić information content (AvgIpc) is 2.48. The van der Waals surface area contributed by atoms with Crippen LogP contribution < -0.4 is 10.2 Å². The summed E-state index contributed by atoms with van der Waals surface area (Å²) in [6.45, 7) is 5.79. The molecule has 0 unspecified atom stereocenters. The van der Waals surface area contributed by atoms with E-state index >= 15 is 0 Å². The zero-order valence-electron chi connectivity index (χ0n) is 12.5. The first kappa shape index (κ1) is 17.4. The van der Waals surface area contributed by atoms with E-state index in [4.69, 9.17) is 4.74 Å². The van der Waals surface area contributed by atoms with Gasteiger partial charge in [-0.3, -0.25) is 0 Å². The lowest BCUT2D eigenvalue weighted by Gasteiger charge is -2.08. The third-order valence-corrected chi connectivity index (χ3v) is 3.52. The van der Waals surface area contributed by atoms with Crippen LogP contribution in [-0.4, -0.2) is 13.3 Å². The van der Waals surface area contributed by atoms with Gasteiger partial charge in [0, 0.05) is 0 Å². The fourth-order valence-corrected chi connectivity index (χ4v) is 2.21. The first-order chi connectivity index (χ1) is 9.75. The second-order valence-electron chi connectivity index (χ2n) is 5.51. The lowest BCUT2D eigenvalue weighted by molar-refractivity contribution is 0.307. The molecule has 0 bridgehead atoms. The standard InChI is InChI=1S/C18H23BO.CH4/c1-19(2)17-11-13-18(14-12-17)20-15-7-6-10-16-8-4-3-5-9-16;/h3-5,8-9,11-14H,6-7,10,15H2,1-2H3;1H4. The molecule has 0 atom stereocenters. The SMILES string of the molecule is C.CB(C)c1ccc(OCCCCc2ccccc2)cc1. The molecule has 2 aromatic rings. The summed E-state index contributed by atoms with van der Waals surface area (Å²) in [4.78, 5) is 0. The van der Waals surface area contributed by atoms with Crippen LogP contribution in [0.4, 0.5) is 0 Å². The number of benzene rings is 2. The Morgan fingerprint density at radius 3 is 2.14 bits per heavy atom.